The van der Waals surface area contributed by atoms with Gasteiger partial charge in [-0.3, -0.25) is 0 Å². The number of alkyl halides is 2. The molecule has 1 aromatic heterocycles. The van der Waals surface area contributed by atoms with Crippen LogP contribution >= 0.6 is 0 Å². The molecule has 0 aromatic carbocycles. The molecule has 0 amide bonds. The van der Waals surface area contributed by atoms with E-state index in [1.807, 2.05) is 6.92 Å². The van der Waals surface area contributed by atoms with Crippen LogP contribution in [0.3, 0.4) is 0 Å². The molecule has 16 heavy (non-hydrogen) atoms. The quantitative estimate of drug-likeness (QED) is 0.843. The average molecular weight is 232 g/mol. The van der Waals surface area contributed by atoms with E-state index < -0.39 is 6.43 Å². The van der Waals surface area contributed by atoms with E-state index in [-0.39, 0.29) is 6.54 Å². The van der Waals surface area contributed by atoms with Crippen molar-refractivity contribution in [2.75, 3.05) is 24.2 Å². The monoisotopic (exact) mass is 232 g/mol. The number of nitrogens with zero attached hydrogens (tertiary/aromatic N) is 3. The van der Waals surface area contributed by atoms with Crippen molar-refractivity contribution in [3.8, 4) is 0 Å². The van der Waals surface area contributed by atoms with Gasteiger partial charge in [-0.25, -0.2) is 13.5 Å². The van der Waals surface area contributed by atoms with Gasteiger partial charge in [0.15, 0.2) is 5.82 Å². The molecule has 0 aliphatic rings. The molecule has 1 aromatic rings. The van der Waals surface area contributed by atoms with Crippen molar-refractivity contribution < 1.29 is 8.78 Å². The van der Waals surface area contributed by atoms with Crippen LogP contribution in [0, 0.1) is 6.92 Å². The maximum atomic E-state index is 12.3. The first kappa shape index (κ1) is 12.7. The number of hydrogen-bond acceptors (Lipinski definition) is 3. The Labute approximate surface area is 94.0 Å². The van der Waals surface area contributed by atoms with Crippen molar-refractivity contribution in [1.82, 2.24) is 9.78 Å². The van der Waals surface area contributed by atoms with Crippen LogP contribution in [0.15, 0.2) is 0 Å². The zero-order valence-electron chi connectivity index (χ0n) is 9.87. The zero-order chi connectivity index (χ0) is 12.3. The number of halogens is 2. The van der Waals surface area contributed by atoms with Crippen LogP contribution in [0.4, 0.5) is 20.3 Å². The van der Waals surface area contributed by atoms with Crippen LogP contribution in [-0.2, 0) is 6.54 Å². The van der Waals surface area contributed by atoms with Crippen LogP contribution in [0.2, 0.25) is 0 Å². The summed E-state index contributed by atoms with van der Waals surface area (Å²) >= 11 is 0. The SMILES string of the molecule is CCCn1nc(C)c(N)c1N(C)CC(F)F. The second-order valence-electron chi connectivity index (χ2n) is 3.82. The third kappa shape index (κ3) is 2.62. The van der Waals surface area contributed by atoms with Crippen molar-refractivity contribution in [2.24, 2.45) is 0 Å². The summed E-state index contributed by atoms with van der Waals surface area (Å²) in [7, 11) is 1.60. The van der Waals surface area contributed by atoms with Crippen molar-refractivity contribution >= 4 is 11.5 Å². The van der Waals surface area contributed by atoms with Gasteiger partial charge in [-0.2, -0.15) is 5.10 Å². The Morgan fingerprint density at radius 1 is 1.50 bits per heavy atom. The molecule has 0 unspecified atom stereocenters. The van der Waals surface area contributed by atoms with Crippen molar-refractivity contribution in [3.05, 3.63) is 5.69 Å². The molecule has 0 atom stereocenters. The molecule has 4 nitrogen and oxygen atoms in total. The Morgan fingerprint density at radius 3 is 2.62 bits per heavy atom. The van der Waals surface area contributed by atoms with Crippen LogP contribution in [0.25, 0.3) is 0 Å². The summed E-state index contributed by atoms with van der Waals surface area (Å²) < 4.78 is 26.3. The fourth-order valence-corrected chi connectivity index (χ4v) is 1.65. The van der Waals surface area contributed by atoms with E-state index in [1.165, 1.54) is 4.90 Å². The largest absolute Gasteiger partial charge is 0.394 e. The smallest absolute Gasteiger partial charge is 0.255 e. The standard InChI is InChI=1S/C10H18F2N4/c1-4-5-16-10(9(13)7(2)14-16)15(3)6-8(11)12/h8H,4-6,13H2,1-3H3. The second-order valence-corrected chi connectivity index (χ2v) is 3.82. The van der Waals surface area contributed by atoms with Crippen LogP contribution in [0.5, 0.6) is 0 Å². The highest BCUT2D eigenvalue weighted by Crippen LogP contribution is 2.26. The molecule has 0 radical (unpaired) electrons. The Bertz CT molecular complexity index is 349. The topological polar surface area (TPSA) is 47.1 Å². The van der Waals surface area contributed by atoms with Gasteiger partial charge in [-0.15, -0.1) is 0 Å². The Balaban J connectivity index is 2.99. The molecule has 0 saturated heterocycles. The fourth-order valence-electron chi connectivity index (χ4n) is 1.65. The van der Waals surface area contributed by atoms with E-state index in [9.17, 15) is 8.78 Å². The minimum Gasteiger partial charge on any atom is -0.394 e. The van der Waals surface area contributed by atoms with Gasteiger partial charge >= 0.3 is 0 Å². The van der Waals surface area contributed by atoms with E-state index in [1.54, 1.807) is 18.7 Å². The molecule has 0 bridgehead atoms. The minimum atomic E-state index is -2.38. The Morgan fingerprint density at radius 2 is 2.12 bits per heavy atom. The highest BCUT2D eigenvalue weighted by molar-refractivity contribution is 5.65. The molecule has 1 rings (SSSR count). The lowest BCUT2D eigenvalue weighted by Crippen LogP contribution is -2.27. The van der Waals surface area contributed by atoms with Gasteiger partial charge in [0.25, 0.3) is 6.43 Å². The Kier molecular flexibility index (Phi) is 4.09. The summed E-state index contributed by atoms with van der Waals surface area (Å²) in [5, 5.41) is 4.23. The number of anilines is 2. The van der Waals surface area contributed by atoms with Crippen LogP contribution in [0.1, 0.15) is 19.0 Å². The molecule has 0 spiro atoms. The first-order valence-electron chi connectivity index (χ1n) is 5.29. The lowest BCUT2D eigenvalue weighted by atomic mass is 10.3. The molecular formula is C10H18F2N4. The van der Waals surface area contributed by atoms with E-state index in [0.717, 1.165) is 6.42 Å². The molecule has 2 N–H and O–H groups in total. The van der Waals surface area contributed by atoms with Crippen molar-refractivity contribution in [2.45, 2.75) is 33.2 Å². The van der Waals surface area contributed by atoms with E-state index in [4.69, 9.17) is 5.73 Å². The predicted molar refractivity (Wildman–Crippen MR) is 60.9 cm³/mol. The number of hydrogen-bond donors (Lipinski definition) is 1. The van der Waals surface area contributed by atoms with Gasteiger partial charge in [0.05, 0.1) is 17.9 Å². The maximum Gasteiger partial charge on any atom is 0.255 e. The van der Waals surface area contributed by atoms with Crippen molar-refractivity contribution in [3.63, 3.8) is 0 Å². The number of aryl methyl sites for hydroxylation is 2. The van der Waals surface area contributed by atoms with Gasteiger partial charge in [-0.05, 0) is 13.3 Å². The molecule has 0 aliphatic carbocycles. The van der Waals surface area contributed by atoms with Gasteiger partial charge in [0.2, 0.25) is 0 Å². The van der Waals surface area contributed by atoms with Gasteiger partial charge in [-0.1, -0.05) is 6.92 Å². The Hall–Kier alpha value is -1.33. The summed E-state index contributed by atoms with van der Waals surface area (Å²) in [6, 6.07) is 0. The van der Waals surface area contributed by atoms with E-state index in [2.05, 4.69) is 5.10 Å². The first-order chi connectivity index (χ1) is 7.47. The maximum absolute atomic E-state index is 12.3. The number of rotatable bonds is 5. The average Bonchev–Trinajstić information content (AvgIpc) is 2.42. The molecule has 92 valence electrons. The first-order valence-corrected chi connectivity index (χ1v) is 5.29. The summed E-state index contributed by atoms with van der Waals surface area (Å²) in [6.45, 7) is 4.13. The van der Waals surface area contributed by atoms with Gasteiger partial charge < -0.3 is 10.6 Å². The minimum absolute atomic E-state index is 0.334. The van der Waals surface area contributed by atoms with E-state index >= 15 is 0 Å². The van der Waals surface area contributed by atoms with Crippen LogP contribution in [-0.4, -0.2) is 29.8 Å². The normalized spacial score (nSPS) is 11.1. The zero-order valence-corrected chi connectivity index (χ0v) is 9.87. The third-order valence-corrected chi connectivity index (χ3v) is 2.35. The van der Waals surface area contributed by atoms with E-state index in [0.29, 0.717) is 23.7 Å². The lowest BCUT2D eigenvalue weighted by molar-refractivity contribution is 0.156. The lowest BCUT2D eigenvalue weighted by Gasteiger charge is -2.20. The number of nitrogen functional groups attached to an aromatic ring is 1. The summed E-state index contributed by atoms with van der Waals surface area (Å²) in [5.74, 6) is 0.583. The number of aromatic nitrogens is 2. The molecular weight excluding hydrogens is 214 g/mol. The number of nitrogens with two attached hydrogens (primary N) is 1. The van der Waals surface area contributed by atoms with Crippen LogP contribution < -0.4 is 10.6 Å². The summed E-state index contributed by atoms with van der Waals surface area (Å²) in [4.78, 5) is 1.45. The third-order valence-electron chi connectivity index (χ3n) is 2.35. The molecule has 0 fully saturated rings. The highest BCUT2D eigenvalue weighted by atomic mass is 19.3. The predicted octanol–water partition coefficient (Wildman–Crippen LogP) is 1.89. The molecule has 0 saturated carbocycles. The fraction of sp³-hybridized carbons (Fsp3) is 0.700. The molecule has 1 heterocycles. The van der Waals surface area contributed by atoms with Gasteiger partial charge in [0, 0.05) is 13.6 Å². The summed E-state index contributed by atoms with van der Waals surface area (Å²) in [5.41, 5.74) is 7.01. The molecule has 6 heteroatoms. The summed E-state index contributed by atoms with van der Waals surface area (Å²) in [6.07, 6.45) is -1.49. The molecule has 0 aliphatic heterocycles. The van der Waals surface area contributed by atoms with Gasteiger partial charge in [0.1, 0.15) is 0 Å². The highest BCUT2D eigenvalue weighted by Gasteiger charge is 2.18. The second kappa shape index (κ2) is 5.14. The van der Waals surface area contributed by atoms with Crippen molar-refractivity contribution in [1.29, 1.82) is 0 Å².